The molecule has 170 valence electrons. The molecular formula is C24H27Cl3N4O. The molecule has 0 aromatic heterocycles. The third-order valence-corrected chi connectivity index (χ3v) is 6.79. The maximum absolute atomic E-state index is 13.0. The molecule has 1 heterocycles. The van der Waals surface area contributed by atoms with Gasteiger partial charge in [-0.2, -0.15) is 0 Å². The van der Waals surface area contributed by atoms with Crippen molar-refractivity contribution in [1.82, 2.24) is 10.4 Å². The highest BCUT2D eigenvalue weighted by Gasteiger charge is 2.29. The van der Waals surface area contributed by atoms with E-state index < -0.39 is 11.8 Å². The van der Waals surface area contributed by atoms with Crippen LogP contribution in [-0.4, -0.2) is 34.9 Å². The number of halogens is 3. The van der Waals surface area contributed by atoms with Crippen molar-refractivity contribution in [3.8, 4) is 0 Å². The number of hydrazine groups is 1. The number of piperidine rings is 1. The van der Waals surface area contributed by atoms with Crippen LogP contribution >= 0.6 is 34.8 Å². The van der Waals surface area contributed by atoms with Gasteiger partial charge in [0, 0.05) is 28.5 Å². The molecule has 0 aliphatic carbocycles. The smallest absolute Gasteiger partial charge is 0.279 e. The maximum Gasteiger partial charge on any atom is 0.279 e. The molecule has 8 heteroatoms. The molecule has 0 saturated carbocycles. The summed E-state index contributed by atoms with van der Waals surface area (Å²) in [6.07, 6.45) is 2.15. The largest absolute Gasteiger partial charge is 0.299 e. The highest BCUT2D eigenvalue weighted by atomic mass is 35.5. The number of hydrogen-bond acceptors (Lipinski definition) is 4. The van der Waals surface area contributed by atoms with E-state index >= 15 is 0 Å². The Bertz CT molecular complexity index is 1020. The summed E-state index contributed by atoms with van der Waals surface area (Å²) in [6.45, 7) is 6.84. The quantitative estimate of drug-likeness (QED) is 0.447. The topological polar surface area (TPSA) is 68.6 Å². The van der Waals surface area contributed by atoms with Crippen molar-refractivity contribution < 1.29 is 4.79 Å². The Morgan fingerprint density at radius 2 is 1.78 bits per heavy atom. The van der Waals surface area contributed by atoms with Crippen molar-refractivity contribution in [2.75, 3.05) is 6.54 Å². The van der Waals surface area contributed by atoms with Crippen LogP contribution in [0, 0.1) is 17.2 Å². The zero-order valence-corrected chi connectivity index (χ0v) is 20.6. The van der Waals surface area contributed by atoms with Crippen LogP contribution in [0.3, 0.4) is 0 Å². The number of rotatable bonds is 6. The summed E-state index contributed by atoms with van der Waals surface area (Å²) < 4.78 is 0. The van der Waals surface area contributed by atoms with Crippen LogP contribution in [-0.2, 0) is 4.79 Å². The average Bonchev–Trinajstić information content (AvgIpc) is 2.76. The lowest BCUT2D eigenvalue weighted by Gasteiger charge is -2.37. The molecule has 1 fully saturated rings. The van der Waals surface area contributed by atoms with E-state index in [1.54, 1.807) is 37.3 Å². The Kier molecular flexibility index (Phi) is 8.34. The van der Waals surface area contributed by atoms with Crippen molar-refractivity contribution in [3.05, 3.63) is 63.1 Å². The summed E-state index contributed by atoms with van der Waals surface area (Å²) in [5, 5.41) is 12.0. The number of nitrogens with one attached hydrogen (secondary N) is 2. The molecule has 32 heavy (non-hydrogen) atoms. The predicted molar refractivity (Wildman–Crippen MR) is 134 cm³/mol. The molecule has 2 aromatic carbocycles. The number of carbonyl (C=O) groups is 1. The van der Waals surface area contributed by atoms with Crippen molar-refractivity contribution in [3.63, 3.8) is 0 Å². The van der Waals surface area contributed by atoms with E-state index in [-0.39, 0.29) is 11.8 Å². The Morgan fingerprint density at radius 3 is 2.44 bits per heavy atom. The third kappa shape index (κ3) is 5.90. The fourth-order valence-electron chi connectivity index (χ4n) is 3.75. The van der Waals surface area contributed by atoms with Crippen molar-refractivity contribution in [1.29, 1.82) is 5.41 Å². The van der Waals surface area contributed by atoms with Gasteiger partial charge in [0.25, 0.3) is 5.91 Å². The molecule has 0 radical (unpaired) electrons. The van der Waals surface area contributed by atoms with Gasteiger partial charge in [0.2, 0.25) is 0 Å². The lowest BCUT2D eigenvalue weighted by Crippen LogP contribution is -2.54. The van der Waals surface area contributed by atoms with Crippen LogP contribution in [0.15, 0.2) is 47.5 Å². The zero-order chi connectivity index (χ0) is 23.4. The lowest BCUT2D eigenvalue weighted by atomic mass is 9.92. The van der Waals surface area contributed by atoms with Gasteiger partial charge < -0.3 is 0 Å². The highest BCUT2D eigenvalue weighted by Crippen LogP contribution is 2.30. The Hall–Kier alpha value is -1.92. The monoisotopic (exact) mass is 492 g/mol. The van der Waals surface area contributed by atoms with E-state index in [2.05, 4.69) is 19.3 Å². The molecule has 1 amide bonds. The first kappa shape index (κ1) is 24.7. The van der Waals surface area contributed by atoms with E-state index in [0.29, 0.717) is 32.4 Å². The van der Waals surface area contributed by atoms with Gasteiger partial charge in [0.1, 0.15) is 5.71 Å². The second kappa shape index (κ2) is 10.8. The van der Waals surface area contributed by atoms with Gasteiger partial charge >= 0.3 is 0 Å². The van der Waals surface area contributed by atoms with E-state index in [9.17, 15) is 4.79 Å². The van der Waals surface area contributed by atoms with E-state index in [1.165, 1.54) is 0 Å². The van der Waals surface area contributed by atoms with Crippen LogP contribution < -0.4 is 5.43 Å². The minimum Gasteiger partial charge on any atom is -0.299 e. The first-order valence-corrected chi connectivity index (χ1v) is 11.8. The highest BCUT2D eigenvalue weighted by molar-refractivity contribution is 6.43. The molecule has 0 bridgehead atoms. The fraction of sp³-hybridized carbons (Fsp3) is 0.375. The van der Waals surface area contributed by atoms with Crippen LogP contribution in [0.1, 0.15) is 39.2 Å². The first-order valence-electron chi connectivity index (χ1n) is 10.6. The average molecular weight is 494 g/mol. The van der Waals surface area contributed by atoms with Gasteiger partial charge in [-0.25, -0.2) is 5.01 Å². The Morgan fingerprint density at radius 1 is 1.12 bits per heavy atom. The molecule has 0 spiro atoms. The standard InChI is InChI=1S/C24H27Cl3N4O/c1-14-5-4-12-31(16(14)3)30-24(32)22(28)15(2)23(17-6-8-18(25)9-7-17)29-21-11-10-19(26)13-20(21)27/h6-11,13-16,28H,4-5,12H2,1-3H3,(H,30,32). The minimum atomic E-state index is -0.583. The summed E-state index contributed by atoms with van der Waals surface area (Å²) in [7, 11) is 0. The Balaban J connectivity index is 1.89. The van der Waals surface area contributed by atoms with Gasteiger partial charge in [-0.05, 0) is 61.6 Å². The summed E-state index contributed by atoms with van der Waals surface area (Å²) in [5.74, 6) is -0.531. The first-order chi connectivity index (χ1) is 15.2. The summed E-state index contributed by atoms with van der Waals surface area (Å²) in [6, 6.07) is 12.4. The van der Waals surface area contributed by atoms with E-state index in [0.717, 1.165) is 24.9 Å². The molecule has 3 unspecified atom stereocenters. The Labute approximate surface area is 204 Å². The number of hydrogen-bond donors (Lipinski definition) is 2. The number of aliphatic imine (C=N–C) groups is 1. The zero-order valence-electron chi connectivity index (χ0n) is 18.3. The van der Waals surface area contributed by atoms with Crippen LogP contribution in [0.5, 0.6) is 0 Å². The van der Waals surface area contributed by atoms with Gasteiger partial charge in [-0.15, -0.1) is 0 Å². The predicted octanol–water partition coefficient (Wildman–Crippen LogP) is 6.58. The van der Waals surface area contributed by atoms with Crippen molar-refractivity contribution >= 4 is 57.8 Å². The SMILES string of the molecule is CC(C(=N)C(=O)NN1CCCC(C)C1C)C(=Nc1ccc(Cl)cc1Cl)c1ccc(Cl)cc1. The molecular weight excluding hydrogens is 467 g/mol. The molecule has 2 N–H and O–H groups in total. The third-order valence-electron chi connectivity index (χ3n) is 6.00. The number of carbonyl (C=O) groups excluding carboxylic acids is 1. The minimum absolute atomic E-state index is 0.0748. The molecule has 3 atom stereocenters. The number of nitrogens with zero attached hydrogens (tertiary/aromatic N) is 2. The number of amides is 1. The van der Waals surface area contributed by atoms with E-state index in [1.807, 2.05) is 17.1 Å². The number of benzene rings is 2. The molecule has 2 aromatic rings. The van der Waals surface area contributed by atoms with Gasteiger partial charge in [-0.3, -0.25) is 20.6 Å². The summed E-state index contributed by atoms with van der Waals surface area (Å²) >= 11 is 18.4. The molecule has 3 rings (SSSR count). The normalized spacial score (nSPS) is 20.6. The van der Waals surface area contributed by atoms with Gasteiger partial charge in [0.05, 0.1) is 16.4 Å². The fourth-order valence-corrected chi connectivity index (χ4v) is 4.33. The van der Waals surface area contributed by atoms with Crippen molar-refractivity contribution in [2.24, 2.45) is 16.8 Å². The van der Waals surface area contributed by atoms with Crippen molar-refractivity contribution in [2.45, 2.75) is 39.7 Å². The van der Waals surface area contributed by atoms with Crippen LogP contribution in [0.4, 0.5) is 5.69 Å². The van der Waals surface area contributed by atoms with Crippen LogP contribution in [0.25, 0.3) is 0 Å². The summed E-state index contributed by atoms with van der Waals surface area (Å²) in [5.41, 5.74) is 4.67. The molecule has 5 nitrogen and oxygen atoms in total. The second-order valence-corrected chi connectivity index (χ2v) is 9.51. The van der Waals surface area contributed by atoms with Crippen LogP contribution in [0.2, 0.25) is 15.1 Å². The van der Waals surface area contributed by atoms with E-state index in [4.69, 9.17) is 45.2 Å². The molecule has 1 aliphatic heterocycles. The second-order valence-electron chi connectivity index (χ2n) is 8.23. The van der Waals surface area contributed by atoms with Gasteiger partial charge in [-0.1, -0.05) is 60.8 Å². The molecule has 1 saturated heterocycles. The maximum atomic E-state index is 13.0. The molecule has 1 aliphatic rings. The lowest BCUT2D eigenvalue weighted by molar-refractivity contribution is -0.121. The summed E-state index contributed by atoms with van der Waals surface area (Å²) in [4.78, 5) is 17.7. The van der Waals surface area contributed by atoms with Gasteiger partial charge in [0.15, 0.2) is 0 Å².